The van der Waals surface area contributed by atoms with Crippen molar-refractivity contribution in [2.45, 2.75) is 25.8 Å². The van der Waals surface area contributed by atoms with Crippen LogP contribution in [0.5, 0.6) is 0 Å². The molecule has 0 aliphatic carbocycles. The van der Waals surface area contributed by atoms with E-state index in [1.165, 1.54) is 11.8 Å². The van der Waals surface area contributed by atoms with Crippen molar-refractivity contribution in [3.05, 3.63) is 59.7 Å². The largest absolute Gasteiger partial charge is 0.326 e. The quantitative estimate of drug-likeness (QED) is 0.330. The van der Waals surface area contributed by atoms with Crippen LogP contribution in [0, 0.1) is 0 Å². The standard InChI is InChI=1S/C20H23N5O3/c1-13(26)22-17-4-2-3-15(11-17)12-18-19(27)25(20(28)23-18)10-9-14-5-7-16(24-21)8-6-14/h2-8,11,18,24H,9-10,12,21H2,1H3,(H,22,26)(H,23,28). The van der Waals surface area contributed by atoms with Crippen LogP contribution in [0.4, 0.5) is 16.2 Å². The Kier molecular flexibility index (Phi) is 5.90. The van der Waals surface area contributed by atoms with Crippen molar-refractivity contribution >= 4 is 29.2 Å². The number of nitrogen functional groups attached to an aromatic ring is 1. The minimum absolute atomic E-state index is 0.163. The van der Waals surface area contributed by atoms with Crippen LogP contribution in [-0.4, -0.2) is 35.3 Å². The number of hydrazine groups is 1. The molecule has 0 saturated carbocycles. The molecule has 8 nitrogen and oxygen atoms in total. The SMILES string of the molecule is CC(=O)Nc1cccc(CC2NC(=O)N(CCc3ccc(NN)cc3)C2=O)c1. The van der Waals surface area contributed by atoms with Gasteiger partial charge in [-0.05, 0) is 41.8 Å². The molecular weight excluding hydrogens is 358 g/mol. The summed E-state index contributed by atoms with van der Waals surface area (Å²) in [7, 11) is 0. The number of urea groups is 1. The topological polar surface area (TPSA) is 117 Å². The van der Waals surface area contributed by atoms with E-state index < -0.39 is 6.04 Å². The van der Waals surface area contributed by atoms with E-state index >= 15 is 0 Å². The first-order valence-electron chi connectivity index (χ1n) is 9.00. The van der Waals surface area contributed by atoms with Gasteiger partial charge in [0, 0.05) is 31.3 Å². The van der Waals surface area contributed by atoms with Crippen LogP contribution in [0.1, 0.15) is 18.1 Å². The molecule has 1 saturated heterocycles. The fourth-order valence-electron chi connectivity index (χ4n) is 3.15. The number of hydrogen-bond acceptors (Lipinski definition) is 5. The fraction of sp³-hybridized carbons (Fsp3) is 0.250. The average molecular weight is 381 g/mol. The molecule has 0 aromatic heterocycles. The molecule has 4 amide bonds. The lowest BCUT2D eigenvalue weighted by Gasteiger charge is -2.13. The van der Waals surface area contributed by atoms with Crippen molar-refractivity contribution in [2.24, 2.45) is 5.84 Å². The summed E-state index contributed by atoms with van der Waals surface area (Å²) in [4.78, 5) is 37.3. The molecule has 5 N–H and O–H groups in total. The third-order valence-electron chi connectivity index (χ3n) is 4.54. The van der Waals surface area contributed by atoms with Gasteiger partial charge >= 0.3 is 6.03 Å². The molecule has 146 valence electrons. The number of anilines is 2. The van der Waals surface area contributed by atoms with Crippen LogP contribution in [0.25, 0.3) is 0 Å². The molecule has 1 heterocycles. The molecule has 3 rings (SSSR count). The number of nitrogens with two attached hydrogens (primary N) is 1. The van der Waals surface area contributed by atoms with Gasteiger partial charge in [-0.15, -0.1) is 0 Å². The zero-order chi connectivity index (χ0) is 20.1. The summed E-state index contributed by atoms with van der Waals surface area (Å²) in [5.41, 5.74) is 5.87. The molecule has 2 aromatic rings. The molecule has 1 fully saturated rings. The smallest absolute Gasteiger partial charge is 0.324 e. The molecule has 1 unspecified atom stereocenters. The molecule has 1 aliphatic heterocycles. The molecular formula is C20H23N5O3. The molecule has 0 radical (unpaired) electrons. The van der Waals surface area contributed by atoms with Gasteiger partial charge in [0.1, 0.15) is 6.04 Å². The molecule has 1 aliphatic rings. The second kappa shape index (κ2) is 8.53. The van der Waals surface area contributed by atoms with Gasteiger partial charge in [0.2, 0.25) is 5.91 Å². The van der Waals surface area contributed by atoms with Crippen LogP contribution < -0.4 is 21.9 Å². The average Bonchev–Trinajstić information content (AvgIpc) is 2.93. The van der Waals surface area contributed by atoms with Gasteiger partial charge in [0.05, 0.1) is 0 Å². The van der Waals surface area contributed by atoms with Crippen molar-refractivity contribution < 1.29 is 14.4 Å². The first-order valence-corrected chi connectivity index (χ1v) is 9.00. The third kappa shape index (κ3) is 4.66. The number of carbonyl (C=O) groups excluding carboxylic acids is 3. The Bertz CT molecular complexity index is 882. The fourth-order valence-corrected chi connectivity index (χ4v) is 3.15. The normalized spacial score (nSPS) is 16.1. The van der Waals surface area contributed by atoms with E-state index in [0.717, 1.165) is 16.8 Å². The van der Waals surface area contributed by atoms with Crippen molar-refractivity contribution in [2.75, 3.05) is 17.3 Å². The second-order valence-electron chi connectivity index (χ2n) is 6.67. The number of nitrogens with zero attached hydrogens (tertiary/aromatic N) is 1. The van der Waals surface area contributed by atoms with Crippen molar-refractivity contribution in [3.8, 4) is 0 Å². The van der Waals surface area contributed by atoms with E-state index in [4.69, 9.17) is 5.84 Å². The number of imide groups is 1. The maximum atomic E-state index is 12.7. The lowest BCUT2D eigenvalue weighted by molar-refractivity contribution is -0.127. The van der Waals surface area contributed by atoms with E-state index in [9.17, 15) is 14.4 Å². The summed E-state index contributed by atoms with van der Waals surface area (Å²) in [5.74, 6) is 4.94. The Balaban J connectivity index is 1.60. The number of nitrogens with one attached hydrogen (secondary N) is 3. The second-order valence-corrected chi connectivity index (χ2v) is 6.67. The minimum atomic E-state index is -0.608. The number of hydrogen-bond donors (Lipinski definition) is 4. The summed E-state index contributed by atoms with van der Waals surface area (Å²) >= 11 is 0. The van der Waals surface area contributed by atoms with E-state index in [-0.39, 0.29) is 17.8 Å². The van der Waals surface area contributed by atoms with E-state index in [0.29, 0.717) is 25.1 Å². The number of carbonyl (C=O) groups is 3. The van der Waals surface area contributed by atoms with Gasteiger partial charge in [-0.2, -0.15) is 0 Å². The molecule has 0 spiro atoms. The van der Waals surface area contributed by atoms with E-state index in [1.54, 1.807) is 18.2 Å². The van der Waals surface area contributed by atoms with Crippen LogP contribution in [-0.2, 0) is 22.4 Å². The third-order valence-corrected chi connectivity index (χ3v) is 4.54. The number of rotatable bonds is 7. The van der Waals surface area contributed by atoms with Crippen molar-refractivity contribution in [3.63, 3.8) is 0 Å². The molecule has 0 bridgehead atoms. The molecule has 1 atom stereocenters. The maximum absolute atomic E-state index is 12.7. The lowest BCUT2D eigenvalue weighted by Crippen LogP contribution is -2.33. The monoisotopic (exact) mass is 381 g/mol. The predicted octanol–water partition coefficient (Wildman–Crippen LogP) is 1.64. The summed E-state index contributed by atoms with van der Waals surface area (Å²) in [6.07, 6.45) is 0.931. The Morgan fingerprint density at radius 1 is 1.11 bits per heavy atom. The van der Waals surface area contributed by atoms with E-state index in [1.807, 2.05) is 30.3 Å². The summed E-state index contributed by atoms with van der Waals surface area (Å²) < 4.78 is 0. The van der Waals surface area contributed by atoms with Gasteiger partial charge in [-0.3, -0.25) is 20.3 Å². The highest BCUT2D eigenvalue weighted by molar-refractivity contribution is 6.04. The number of benzene rings is 2. The highest BCUT2D eigenvalue weighted by Gasteiger charge is 2.37. The van der Waals surface area contributed by atoms with Crippen molar-refractivity contribution in [1.29, 1.82) is 0 Å². The van der Waals surface area contributed by atoms with E-state index in [2.05, 4.69) is 16.1 Å². The Morgan fingerprint density at radius 2 is 1.86 bits per heavy atom. The highest BCUT2D eigenvalue weighted by Crippen LogP contribution is 2.17. The highest BCUT2D eigenvalue weighted by atomic mass is 16.2. The summed E-state index contributed by atoms with van der Waals surface area (Å²) in [5, 5.41) is 5.45. The zero-order valence-electron chi connectivity index (χ0n) is 15.6. The van der Waals surface area contributed by atoms with Crippen LogP contribution in [0.15, 0.2) is 48.5 Å². The van der Waals surface area contributed by atoms with Crippen LogP contribution >= 0.6 is 0 Å². The lowest BCUT2D eigenvalue weighted by atomic mass is 10.0. The van der Waals surface area contributed by atoms with Crippen LogP contribution in [0.3, 0.4) is 0 Å². The van der Waals surface area contributed by atoms with Gasteiger partial charge in [-0.25, -0.2) is 4.79 Å². The predicted molar refractivity (Wildman–Crippen MR) is 106 cm³/mol. The Labute approximate surface area is 163 Å². The maximum Gasteiger partial charge on any atom is 0.324 e. The summed E-state index contributed by atoms with van der Waals surface area (Å²) in [6.45, 7) is 1.74. The van der Waals surface area contributed by atoms with Crippen LogP contribution in [0.2, 0.25) is 0 Å². The Hall–Kier alpha value is -3.39. The van der Waals surface area contributed by atoms with Gasteiger partial charge in [0.15, 0.2) is 0 Å². The molecule has 8 heteroatoms. The van der Waals surface area contributed by atoms with Gasteiger partial charge < -0.3 is 16.1 Å². The molecule has 2 aromatic carbocycles. The number of amides is 4. The van der Waals surface area contributed by atoms with Gasteiger partial charge in [0.25, 0.3) is 5.91 Å². The molecule has 28 heavy (non-hydrogen) atoms. The minimum Gasteiger partial charge on any atom is -0.326 e. The van der Waals surface area contributed by atoms with Gasteiger partial charge in [-0.1, -0.05) is 24.3 Å². The zero-order valence-corrected chi connectivity index (χ0v) is 15.6. The van der Waals surface area contributed by atoms with Crippen molar-refractivity contribution in [1.82, 2.24) is 10.2 Å². The Morgan fingerprint density at radius 3 is 2.54 bits per heavy atom. The summed E-state index contributed by atoms with van der Waals surface area (Å²) in [6, 6.07) is 13.7. The first kappa shape index (κ1) is 19.4. The first-order chi connectivity index (χ1) is 13.5.